The number of aromatic amines is 1. The molecule has 2 aromatic carbocycles. The topological polar surface area (TPSA) is 114 Å². The maximum Gasteiger partial charge on any atom is 0.343 e. The molecule has 3 aromatic rings. The van der Waals surface area contributed by atoms with Gasteiger partial charge in [0.2, 0.25) is 11.8 Å². The van der Waals surface area contributed by atoms with E-state index in [2.05, 4.69) is 16.3 Å². The van der Waals surface area contributed by atoms with E-state index in [-0.39, 0.29) is 5.88 Å². The minimum absolute atomic E-state index is 0.0229. The zero-order chi connectivity index (χ0) is 20.5. The summed E-state index contributed by atoms with van der Waals surface area (Å²) in [7, 11) is 0. The first kappa shape index (κ1) is 18.6. The van der Waals surface area contributed by atoms with Gasteiger partial charge in [-0.05, 0) is 48.9 Å². The Labute approximate surface area is 171 Å². The number of nitrogens with one attached hydrogen (secondary N) is 1. The number of allylic oxidation sites excluding steroid dienone is 1. The SMILES string of the molecule is Cc1[nH]nc2c1C(c1ccc(OC(=O)c3ccc(Cl)cc3)cc1)C(C#N)=C(N)O2. The number of aryl methyl sites for hydroxylation is 1. The van der Waals surface area contributed by atoms with Gasteiger partial charge in [-0.15, -0.1) is 5.10 Å². The number of rotatable bonds is 3. The van der Waals surface area contributed by atoms with E-state index in [0.29, 0.717) is 27.8 Å². The second-order valence-corrected chi connectivity index (χ2v) is 6.89. The number of H-pyrrole nitrogens is 1. The van der Waals surface area contributed by atoms with Gasteiger partial charge in [0.15, 0.2) is 0 Å². The van der Waals surface area contributed by atoms with Crippen LogP contribution in [-0.2, 0) is 0 Å². The van der Waals surface area contributed by atoms with Crippen LogP contribution >= 0.6 is 11.6 Å². The van der Waals surface area contributed by atoms with Crippen molar-refractivity contribution in [2.45, 2.75) is 12.8 Å². The third-order valence-corrected chi connectivity index (χ3v) is 4.89. The Balaban J connectivity index is 1.62. The Morgan fingerprint density at radius 3 is 2.59 bits per heavy atom. The second-order valence-electron chi connectivity index (χ2n) is 6.46. The first-order valence-electron chi connectivity index (χ1n) is 8.68. The van der Waals surface area contributed by atoms with Gasteiger partial charge in [-0.2, -0.15) is 5.26 Å². The van der Waals surface area contributed by atoms with E-state index in [4.69, 9.17) is 26.8 Å². The highest BCUT2D eigenvalue weighted by molar-refractivity contribution is 6.30. The van der Waals surface area contributed by atoms with Crippen molar-refractivity contribution in [3.8, 4) is 17.7 Å². The fraction of sp³-hybridized carbons (Fsp3) is 0.0952. The van der Waals surface area contributed by atoms with Crippen LogP contribution in [-0.4, -0.2) is 16.2 Å². The molecule has 1 aliphatic rings. The van der Waals surface area contributed by atoms with Crippen molar-refractivity contribution in [1.82, 2.24) is 10.2 Å². The van der Waals surface area contributed by atoms with Crippen LogP contribution in [0.1, 0.15) is 33.1 Å². The van der Waals surface area contributed by atoms with Gasteiger partial charge in [0.1, 0.15) is 17.4 Å². The van der Waals surface area contributed by atoms with Gasteiger partial charge in [-0.3, -0.25) is 5.10 Å². The molecule has 0 amide bonds. The number of hydrogen-bond acceptors (Lipinski definition) is 6. The predicted octanol–water partition coefficient (Wildman–Crippen LogP) is 3.81. The summed E-state index contributed by atoms with van der Waals surface area (Å²) in [4.78, 5) is 12.3. The Kier molecular flexibility index (Phi) is 4.71. The van der Waals surface area contributed by atoms with Crippen LogP contribution in [0.25, 0.3) is 0 Å². The Morgan fingerprint density at radius 2 is 1.93 bits per heavy atom. The summed E-state index contributed by atoms with van der Waals surface area (Å²) in [5, 5.41) is 17.1. The molecule has 8 heteroatoms. The van der Waals surface area contributed by atoms with E-state index >= 15 is 0 Å². The number of benzene rings is 2. The van der Waals surface area contributed by atoms with Gasteiger partial charge in [-0.1, -0.05) is 23.7 Å². The number of nitrogens with two attached hydrogens (primary N) is 1. The van der Waals surface area contributed by atoms with E-state index in [1.807, 2.05) is 6.92 Å². The lowest BCUT2D eigenvalue weighted by molar-refractivity contribution is 0.0734. The average Bonchev–Trinajstić information content (AvgIpc) is 3.08. The maximum absolute atomic E-state index is 12.3. The van der Waals surface area contributed by atoms with Crippen LogP contribution in [0, 0.1) is 18.3 Å². The van der Waals surface area contributed by atoms with E-state index in [1.54, 1.807) is 48.5 Å². The lowest BCUT2D eigenvalue weighted by atomic mass is 9.84. The normalized spacial score (nSPS) is 15.3. The molecule has 144 valence electrons. The highest BCUT2D eigenvalue weighted by Gasteiger charge is 2.34. The monoisotopic (exact) mass is 406 g/mol. The zero-order valence-corrected chi connectivity index (χ0v) is 16.0. The van der Waals surface area contributed by atoms with Crippen LogP contribution in [0.2, 0.25) is 5.02 Å². The smallest absolute Gasteiger partial charge is 0.343 e. The summed E-state index contributed by atoms with van der Waals surface area (Å²) >= 11 is 5.84. The third-order valence-electron chi connectivity index (χ3n) is 4.63. The van der Waals surface area contributed by atoms with Crippen LogP contribution in [0.4, 0.5) is 0 Å². The quantitative estimate of drug-likeness (QED) is 0.505. The molecule has 0 spiro atoms. The Bertz CT molecular complexity index is 1160. The minimum atomic E-state index is -0.490. The average molecular weight is 407 g/mol. The molecule has 0 saturated carbocycles. The van der Waals surface area contributed by atoms with E-state index in [1.165, 1.54) is 0 Å². The van der Waals surface area contributed by atoms with Gasteiger partial charge in [0.25, 0.3) is 0 Å². The molecule has 7 nitrogen and oxygen atoms in total. The number of halogens is 1. The number of nitriles is 1. The summed E-state index contributed by atoms with van der Waals surface area (Å²) in [5.41, 5.74) is 8.93. The van der Waals surface area contributed by atoms with Gasteiger partial charge in [0.05, 0.1) is 11.5 Å². The number of nitrogens with zero attached hydrogens (tertiary/aromatic N) is 2. The molecule has 4 rings (SSSR count). The second kappa shape index (κ2) is 7.34. The highest BCUT2D eigenvalue weighted by atomic mass is 35.5. The molecule has 0 fully saturated rings. The molecule has 1 atom stereocenters. The van der Waals surface area contributed by atoms with Gasteiger partial charge < -0.3 is 15.2 Å². The summed E-state index contributed by atoms with van der Waals surface area (Å²) in [6, 6.07) is 15.4. The molecule has 3 N–H and O–H groups in total. The molecule has 1 unspecified atom stereocenters. The highest BCUT2D eigenvalue weighted by Crippen LogP contribution is 2.42. The van der Waals surface area contributed by atoms with Crippen LogP contribution in [0.3, 0.4) is 0 Å². The van der Waals surface area contributed by atoms with Crippen molar-refractivity contribution in [3.63, 3.8) is 0 Å². The van der Waals surface area contributed by atoms with Crippen molar-refractivity contribution in [3.05, 3.63) is 87.4 Å². The predicted molar refractivity (Wildman–Crippen MR) is 105 cm³/mol. The standard InChI is InChI=1S/C21H15ClN4O3/c1-11-17-18(16(10-23)19(24)29-20(17)26-25-11)12-4-8-15(9-5-12)28-21(27)13-2-6-14(22)7-3-13/h2-9,18H,24H2,1H3,(H,25,26). The molecular formula is C21H15ClN4O3. The van der Waals surface area contributed by atoms with Crippen molar-refractivity contribution in [2.24, 2.45) is 5.73 Å². The number of aromatic nitrogens is 2. The van der Waals surface area contributed by atoms with Gasteiger partial charge >= 0.3 is 5.97 Å². The molecule has 29 heavy (non-hydrogen) atoms. The lowest BCUT2D eigenvalue weighted by Crippen LogP contribution is -2.21. The third kappa shape index (κ3) is 3.42. The molecule has 2 heterocycles. The Morgan fingerprint density at radius 1 is 1.24 bits per heavy atom. The molecule has 0 bridgehead atoms. The molecular weight excluding hydrogens is 392 g/mol. The summed E-state index contributed by atoms with van der Waals surface area (Å²) in [6.07, 6.45) is 0. The van der Waals surface area contributed by atoms with Crippen molar-refractivity contribution in [2.75, 3.05) is 0 Å². The Hall–Kier alpha value is -3.76. The number of fused-ring (bicyclic) bond motifs is 1. The van der Waals surface area contributed by atoms with Gasteiger partial charge in [0, 0.05) is 16.3 Å². The fourth-order valence-corrected chi connectivity index (χ4v) is 3.34. The maximum atomic E-state index is 12.3. The van der Waals surface area contributed by atoms with Crippen LogP contribution in [0.5, 0.6) is 11.6 Å². The van der Waals surface area contributed by atoms with Crippen LogP contribution < -0.4 is 15.2 Å². The summed E-state index contributed by atoms with van der Waals surface area (Å²) in [6.45, 7) is 1.85. The number of carbonyl (C=O) groups is 1. The first-order valence-corrected chi connectivity index (χ1v) is 9.06. The lowest BCUT2D eigenvalue weighted by Gasteiger charge is -2.23. The van der Waals surface area contributed by atoms with Crippen molar-refractivity contribution in [1.29, 1.82) is 5.26 Å². The van der Waals surface area contributed by atoms with E-state index in [0.717, 1.165) is 16.8 Å². The van der Waals surface area contributed by atoms with Crippen molar-refractivity contribution >= 4 is 17.6 Å². The fourth-order valence-electron chi connectivity index (χ4n) is 3.21. The number of ether oxygens (including phenoxy) is 2. The number of esters is 1. The van der Waals surface area contributed by atoms with Crippen LogP contribution in [0.15, 0.2) is 60.0 Å². The summed E-state index contributed by atoms with van der Waals surface area (Å²) in [5.74, 6) is -0.170. The largest absolute Gasteiger partial charge is 0.423 e. The molecule has 1 aliphatic heterocycles. The van der Waals surface area contributed by atoms with E-state index in [9.17, 15) is 10.1 Å². The molecule has 1 aromatic heterocycles. The zero-order valence-electron chi connectivity index (χ0n) is 15.3. The molecule has 0 saturated heterocycles. The molecule has 0 aliphatic carbocycles. The summed E-state index contributed by atoms with van der Waals surface area (Å²) < 4.78 is 10.9. The number of carbonyl (C=O) groups excluding carboxylic acids is 1. The van der Waals surface area contributed by atoms with Crippen molar-refractivity contribution < 1.29 is 14.3 Å². The molecule has 0 radical (unpaired) electrons. The number of hydrogen-bond donors (Lipinski definition) is 2. The van der Waals surface area contributed by atoms with E-state index < -0.39 is 11.9 Å². The minimum Gasteiger partial charge on any atom is -0.423 e. The van der Waals surface area contributed by atoms with Gasteiger partial charge in [-0.25, -0.2) is 4.79 Å². The first-order chi connectivity index (χ1) is 14.0.